The van der Waals surface area contributed by atoms with Gasteiger partial charge >= 0.3 is 0 Å². The van der Waals surface area contributed by atoms with Crippen molar-refractivity contribution in [2.45, 2.75) is 32.3 Å². The summed E-state index contributed by atoms with van der Waals surface area (Å²) in [5, 5.41) is 9.00. The maximum absolute atomic E-state index is 12.1. The second-order valence-electron chi connectivity index (χ2n) is 4.99. The van der Waals surface area contributed by atoms with Crippen molar-refractivity contribution in [2.24, 2.45) is 11.3 Å². The number of methoxy groups -OCH3 is 1. The van der Waals surface area contributed by atoms with Crippen LogP contribution in [0.5, 0.6) is 0 Å². The van der Waals surface area contributed by atoms with Gasteiger partial charge in [-0.2, -0.15) is 5.26 Å². The first-order chi connectivity index (χ1) is 7.63. The minimum Gasteiger partial charge on any atom is -0.379 e. The van der Waals surface area contributed by atoms with Gasteiger partial charge in [-0.3, -0.25) is 4.79 Å². The van der Waals surface area contributed by atoms with Crippen LogP contribution < -0.4 is 0 Å². The standard InChI is InChI=1S/C12H18N2O2/c1-9-3-6-14(7-10(9)16-2)11(15)12(8-13)4-5-12/h9-10H,3-7H2,1-2H3. The number of ether oxygens (including phenoxy) is 1. The van der Waals surface area contributed by atoms with Crippen molar-refractivity contribution in [2.75, 3.05) is 20.2 Å². The van der Waals surface area contributed by atoms with Crippen molar-refractivity contribution < 1.29 is 9.53 Å². The molecule has 0 radical (unpaired) electrons. The first kappa shape index (κ1) is 11.4. The topological polar surface area (TPSA) is 53.3 Å². The smallest absolute Gasteiger partial charge is 0.243 e. The molecule has 0 aromatic rings. The number of rotatable bonds is 2. The van der Waals surface area contributed by atoms with Crippen molar-refractivity contribution in [3.63, 3.8) is 0 Å². The molecule has 0 aromatic carbocycles. The molecule has 0 spiro atoms. The molecule has 1 heterocycles. The van der Waals surface area contributed by atoms with E-state index in [1.54, 1.807) is 7.11 Å². The van der Waals surface area contributed by atoms with Gasteiger partial charge in [-0.1, -0.05) is 6.92 Å². The van der Waals surface area contributed by atoms with E-state index < -0.39 is 5.41 Å². The van der Waals surface area contributed by atoms with E-state index in [0.29, 0.717) is 12.5 Å². The van der Waals surface area contributed by atoms with Crippen LogP contribution >= 0.6 is 0 Å². The molecule has 0 bridgehead atoms. The highest BCUT2D eigenvalue weighted by molar-refractivity contribution is 5.88. The Hall–Kier alpha value is -1.08. The highest BCUT2D eigenvalue weighted by Gasteiger charge is 2.53. The lowest BCUT2D eigenvalue weighted by molar-refractivity contribution is -0.140. The first-order valence-electron chi connectivity index (χ1n) is 5.86. The van der Waals surface area contributed by atoms with Crippen LogP contribution in [0.25, 0.3) is 0 Å². The Morgan fingerprint density at radius 1 is 1.56 bits per heavy atom. The second kappa shape index (κ2) is 4.06. The number of amides is 1. The number of likely N-dealkylation sites (tertiary alicyclic amines) is 1. The SMILES string of the molecule is COC1CN(C(=O)C2(C#N)CC2)CCC1C. The Morgan fingerprint density at radius 3 is 2.75 bits per heavy atom. The fraction of sp³-hybridized carbons (Fsp3) is 0.833. The van der Waals surface area contributed by atoms with Crippen LogP contribution in [-0.2, 0) is 9.53 Å². The predicted molar refractivity (Wildman–Crippen MR) is 58.4 cm³/mol. The molecule has 4 nitrogen and oxygen atoms in total. The van der Waals surface area contributed by atoms with Crippen molar-refractivity contribution in [3.8, 4) is 6.07 Å². The fourth-order valence-electron chi connectivity index (χ4n) is 2.33. The Balaban J connectivity index is 2.01. The number of hydrogen-bond donors (Lipinski definition) is 0. The summed E-state index contributed by atoms with van der Waals surface area (Å²) >= 11 is 0. The number of carbonyl (C=O) groups excluding carboxylic acids is 1. The molecule has 2 rings (SSSR count). The van der Waals surface area contributed by atoms with Crippen LogP contribution in [0.2, 0.25) is 0 Å². The Bertz CT molecular complexity index is 330. The average Bonchev–Trinajstić information content (AvgIpc) is 3.09. The van der Waals surface area contributed by atoms with E-state index in [4.69, 9.17) is 10.00 Å². The molecule has 4 heteroatoms. The summed E-state index contributed by atoms with van der Waals surface area (Å²) in [4.78, 5) is 13.9. The molecule has 1 aliphatic heterocycles. The van der Waals surface area contributed by atoms with Gasteiger partial charge in [0.15, 0.2) is 0 Å². The van der Waals surface area contributed by atoms with E-state index in [0.717, 1.165) is 25.8 Å². The molecule has 88 valence electrons. The molecule has 1 saturated carbocycles. The fourth-order valence-corrected chi connectivity index (χ4v) is 2.33. The molecule has 2 unspecified atom stereocenters. The number of nitriles is 1. The minimum absolute atomic E-state index is 0.0175. The summed E-state index contributed by atoms with van der Waals surface area (Å²) in [5.74, 6) is 0.509. The largest absolute Gasteiger partial charge is 0.379 e. The lowest BCUT2D eigenvalue weighted by atomic mass is 9.94. The molecule has 1 aliphatic carbocycles. The molecule has 1 amide bonds. The first-order valence-corrected chi connectivity index (χ1v) is 5.86. The quantitative estimate of drug-likeness (QED) is 0.704. The zero-order valence-electron chi connectivity index (χ0n) is 9.90. The summed E-state index contributed by atoms with van der Waals surface area (Å²) in [6.45, 7) is 3.55. The third kappa shape index (κ3) is 1.80. The van der Waals surface area contributed by atoms with Crippen molar-refractivity contribution in [1.29, 1.82) is 5.26 Å². The van der Waals surface area contributed by atoms with Gasteiger partial charge in [0.25, 0.3) is 0 Å². The van der Waals surface area contributed by atoms with E-state index >= 15 is 0 Å². The van der Waals surface area contributed by atoms with Crippen LogP contribution in [0, 0.1) is 22.7 Å². The number of piperidine rings is 1. The van der Waals surface area contributed by atoms with Gasteiger partial charge in [-0.25, -0.2) is 0 Å². The zero-order chi connectivity index (χ0) is 11.8. The van der Waals surface area contributed by atoms with E-state index in [1.165, 1.54) is 0 Å². The molecular formula is C12H18N2O2. The summed E-state index contributed by atoms with van der Waals surface area (Å²) in [5.41, 5.74) is -0.682. The zero-order valence-corrected chi connectivity index (χ0v) is 9.90. The normalized spacial score (nSPS) is 31.9. The van der Waals surface area contributed by atoms with Gasteiger partial charge in [-0.05, 0) is 25.2 Å². The van der Waals surface area contributed by atoms with Gasteiger partial charge in [0.1, 0.15) is 5.41 Å². The Morgan fingerprint density at radius 2 is 2.25 bits per heavy atom. The van der Waals surface area contributed by atoms with Crippen LogP contribution in [0.1, 0.15) is 26.2 Å². The molecule has 2 aliphatic rings. The van der Waals surface area contributed by atoms with Crippen LogP contribution in [0.15, 0.2) is 0 Å². The molecule has 0 N–H and O–H groups in total. The lowest BCUT2D eigenvalue weighted by Crippen LogP contribution is -2.48. The lowest BCUT2D eigenvalue weighted by Gasteiger charge is -2.37. The van der Waals surface area contributed by atoms with Gasteiger partial charge in [0, 0.05) is 20.2 Å². The van der Waals surface area contributed by atoms with Crippen molar-refractivity contribution in [3.05, 3.63) is 0 Å². The van der Waals surface area contributed by atoms with E-state index in [1.807, 2.05) is 4.90 Å². The van der Waals surface area contributed by atoms with Crippen molar-refractivity contribution >= 4 is 5.91 Å². The van der Waals surface area contributed by atoms with Crippen LogP contribution in [0.3, 0.4) is 0 Å². The summed E-state index contributed by atoms with van der Waals surface area (Å²) < 4.78 is 5.37. The molecule has 2 atom stereocenters. The van der Waals surface area contributed by atoms with Gasteiger partial charge in [0.05, 0.1) is 12.2 Å². The van der Waals surface area contributed by atoms with Crippen molar-refractivity contribution in [1.82, 2.24) is 4.90 Å². The predicted octanol–water partition coefficient (Wildman–Crippen LogP) is 1.17. The number of hydrogen-bond acceptors (Lipinski definition) is 3. The highest BCUT2D eigenvalue weighted by atomic mass is 16.5. The third-order valence-corrected chi connectivity index (χ3v) is 3.85. The molecule has 1 saturated heterocycles. The Labute approximate surface area is 96.2 Å². The van der Waals surface area contributed by atoms with Crippen LogP contribution in [0.4, 0.5) is 0 Å². The highest BCUT2D eigenvalue weighted by Crippen LogP contribution is 2.46. The third-order valence-electron chi connectivity index (χ3n) is 3.85. The molecule has 0 aromatic heterocycles. The van der Waals surface area contributed by atoms with E-state index in [2.05, 4.69) is 13.0 Å². The number of nitrogens with zero attached hydrogens (tertiary/aromatic N) is 2. The summed E-state index contributed by atoms with van der Waals surface area (Å²) in [6, 6.07) is 2.16. The molecule has 16 heavy (non-hydrogen) atoms. The average molecular weight is 222 g/mol. The van der Waals surface area contributed by atoms with Gasteiger partial charge in [0.2, 0.25) is 5.91 Å². The molecular weight excluding hydrogens is 204 g/mol. The monoisotopic (exact) mass is 222 g/mol. The summed E-state index contributed by atoms with van der Waals surface area (Å²) in [6.07, 6.45) is 2.54. The van der Waals surface area contributed by atoms with Gasteiger partial charge < -0.3 is 9.64 Å². The summed E-state index contributed by atoms with van der Waals surface area (Å²) in [7, 11) is 1.69. The minimum atomic E-state index is -0.682. The van der Waals surface area contributed by atoms with E-state index in [9.17, 15) is 4.79 Å². The number of carbonyl (C=O) groups is 1. The molecule has 2 fully saturated rings. The van der Waals surface area contributed by atoms with Crippen LogP contribution in [-0.4, -0.2) is 37.1 Å². The van der Waals surface area contributed by atoms with Gasteiger partial charge in [-0.15, -0.1) is 0 Å². The maximum Gasteiger partial charge on any atom is 0.243 e. The maximum atomic E-state index is 12.1. The van der Waals surface area contributed by atoms with E-state index in [-0.39, 0.29) is 12.0 Å². The second-order valence-corrected chi connectivity index (χ2v) is 4.99. The Kier molecular flexibility index (Phi) is 2.90.